The van der Waals surface area contributed by atoms with Gasteiger partial charge in [0, 0.05) is 18.3 Å². The van der Waals surface area contributed by atoms with Crippen molar-refractivity contribution in [2.75, 3.05) is 25.5 Å². The Hall–Kier alpha value is -2.22. The molecule has 104 valence electrons. The van der Waals surface area contributed by atoms with Crippen LogP contribution in [0.1, 0.15) is 10.4 Å². The Balaban J connectivity index is 2.50. The quantitative estimate of drug-likeness (QED) is 0.492. The van der Waals surface area contributed by atoms with Gasteiger partial charge in [0.15, 0.2) is 11.6 Å². The van der Waals surface area contributed by atoms with E-state index >= 15 is 0 Å². The maximum Gasteiger partial charge on any atom is 0.253 e. The number of carbonyl (C=O) groups is 2. The Kier molecular flexibility index (Phi) is 5.19. The second kappa shape index (κ2) is 6.64. The molecule has 1 aromatic carbocycles. The zero-order valence-electron chi connectivity index (χ0n) is 9.91. The average Bonchev–Trinajstić information content (AvgIpc) is 2.32. The van der Waals surface area contributed by atoms with Crippen LogP contribution in [-0.4, -0.2) is 31.6 Å². The van der Waals surface area contributed by atoms with Gasteiger partial charge < -0.3 is 21.5 Å². The first-order chi connectivity index (χ1) is 8.91. The fourth-order valence-electron chi connectivity index (χ4n) is 1.26. The smallest absolute Gasteiger partial charge is 0.253 e. The second-order valence-corrected chi connectivity index (χ2v) is 3.63. The van der Waals surface area contributed by atoms with Gasteiger partial charge in [0.25, 0.3) is 5.91 Å². The van der Waals surface area contributed by atoms with Crippen LogP contribution in [0.2, 0.25) is 0 Å². The SMILES string of the molecule is NC(=O)COCCNC(=O)c1cc(F)c(F)cc1N. The number of halogens is 2. The number of hydrogen-bond acceptors (Lipinski definition) is 4. The van der Waals surface area contributed by atoms with E-state index in [9.17, 15) is 18.4 Å². The van der Waals surface area contributed by atoms with Gasteiger partial charge in [-0.1, -0.05) is 0 Å². The lowest BCUT2D eigenvalue weighted by molar-refractivity contribution is -0.122. The van der Waals surface area contributed by atoms with Crippen LogP contribution in [0.15, 0.2) is 12.1 Å². The Morgan fingerprint density at radius 2 is 1.89 bits per heavy atom. The van der Waals surface area contributed by atoms with Gasteiger partial charge in [-0.25, -0.2) is 8.78 Å². The fourth-order valence-corrected chi connectivity index (χ4v) is 1.26. The molecule has 0 aliphatic rings. The van der Waals surface area contributed by atoms with Crippen molar-refractivity contribution in [1.29, 1.82) is 0 Å². The highest BCUT2D eigenvalue weighted by Crippen LogP contribution is 2.16. The number of anilines is 1. The van der Waals surface area contributed by atoms with Gasteiger partial charge in [0.1, 0.15) is 6.61 Å². The molecule has 0 aliphatic carbocycles. The zero-order valence-corrected chi connectivity index (χ0v) is 9.91. The van der Waals surface area contributed by atoms with Gasteiger partial charge in [-0.3, -0.25) is 9.59 Å². The molecule has 0 saturated carbocycles. The Morgan fingerprint density at radius 1 is 1.26 bits per heavy atom. The fraction of sp³-hybridized carbons (Fsp3) is 0.273. The Labute approximate surface area is 107 Å². The lowest BCUT2D eigenvalue weighted by Gasteiger charge is -2.08. The molecule has 8 heteroatoms. The number of rotatable bonds is 6. The third-order valence-electron chi connectivity index (χ3n) is 2.11. The number of benzene rings is 1. The molecule has 0 saturated heterocycles. The van der Waals surface area contributed by atoms with Crippen LogP contribution in [0.5, 0.6) is 0 Å². The van der Waals surface area contributed by atoms with Crippen molar-refractivity contribution in [1.82, 2.24) is 5.32 Å². The normalized spacial score (nSPS) is 10.2. The minimum Gasteiger partial charge on any atom is -0.398 e. The highest BCUT2D eigenvalue weighted by Gasteiger charge is 2.13. The predicted molar refractivity (Wildman–Crippen MR) is 63.1 cm³/mol. The number of nitrogen functional groups attached to an aromatic ring is 1. The third kappa shape index (κ3) is 4.51. The van der Waals surface area contributed by atoms with E-state index in [4.69, 9.17) is 16.2 Å². The van der Waals surface area contributed by atoms with Crippen molar-refractivity contribution < 1.29 is 23.1 Å². The van der Waals surface area contributed by atoms with E-state index in [0.29, 0.717) is 6.07 Å². The van der Waals surface area contributed by atoms with Crippen LogP contribution in [0, 0.1) is 11.6 Å². The number of primary amides is 1. The standard InChI is InChI=1S/C11H13F2N3O3/c12-7-3-6(9(14)4-8(7)13)11(18)16-1-2-19-5-10(15)17/h3-4H,1-2,5,14H2,(H2,15,17)(H,16,18). The molecular weight excluding hydrogens is 260 g/mol. The van der Waals surface area contributed by atoms with Crippen LogP contribution in [-0.2, 0) is 9.53 Å². The largest absolute Gasteiger partial charge is 0.398 e. The molecule has 0 fully saturated rings. The molecule has 0 spiro atoms. The van der Waals surface area contributed by atoms with E-state index in [0.717, 1.165) is 6.07 Å². The number of hydrogen-bond donors (Lipinski definition) is 3. The molecule has 0 bridgehead atoms. The van der Waals surface area contributed by atoms with Crippen molar-refractivity contribution in [3.63, 3.8) is 0 Å². The maximum atomic E-state index is 13.0. The van der Waals surface area contributed by atoms with Crippen LogP contribution >= 0.6 is 0 Å². The molecule has 0 aliphatic heterocycles. The van der Waals surface area contributed by atoms with Crippen LogP contribution in [0.25, 0.3) is 0 Å². The second-order valence-electron chi connectivity index (χ2n) is 3.63. The summed E-state index contributed by atoms with van der Waals surface area (Å²) in [6, 6.07) is 1.44. The van der Waals surface area contributed by atoms with Crippen LogP contribution < -0.4 is 16.8 Å². The number of nitrogens with one attached hydrogen (secondary N) is 1. The molecule has 0 unspecified atom stereocenters. The van der Waals surface area contributed by atoms with E-state index < -0.39 is 23.4 Å². The van der Waals surface area contributed by atoms with E-state index in [1.165, 1.54) is 0 Å². The van der Waals surface area contributed by atoms with E-state index in [-0.39, 0.29) is 31.0 Å². The highest BCUT2D eigenvalue weighted by molar-refractivity contribution is 5.99. The number of ether oxygens (including phenoxy) is 1. The molecule has 19 heavy (non-hydrogen) atoms. The molecule has 0 aromatic heterocycles. The zero-order chi connectivity index (χ0) is 14.4. The first-order valence-corrected chi connectivity index (χ1v) is 5.30. The number of amides is 2. The topological polar surface area (TPSA) is 107 Å². The lowest BCUT2D eigenvalue weighted by Crippen LogP contribution is -2.29. The van der Waals surface area contributed by atoms with Gasteiger partial charge in [-0.05, 0) is 6.07 Å². The summed E-state index contributed by atoms with van der Waals surface area (Å²) in [7, 11) is 0. The number of nitrogens with two attached hydrogens (primary N) is 2. The van der Waals surface area contributed by atoms with E-state index in [1.807, 2.05) is 0 Å². The summed E-state index contributed by atoms with van der Waals surface area (Å²) in [5, 5.41) is 2.38. The van der Waals surface area contributed by atoms with Crippen molar-refractivity contribution in [3.8, 4) is 0 Å². The van der Waals surface area contributed by atoms with E-state index in [2.05, 4.69) is 5.32 Å². The Morgan fingerprint density at radius 3 is 2.53 bits per heavy atom. The average molecular weight is 273 g/mol. The van der Waals surface area contributed by atoms with Crippen molar-refractivity contribution in [2.45, 2.75) is 0 Å². The predicted octanol–water partition coefficient (Wildman–Crippen LogP) is -0.221. The molecule has 0 atom stereocenters. The molecule has 0 heterocycles. The summed E-state index contributed by atoms with van der Waals surface area (Å²) >= 11 is 0. The molecular formula is C11H13F2N3O3. The highest BCUT2D eigenvalue weighted by atomic mass is 19.2. The summed E-state index contributed by atoms with van der Waals surface area (Å²) < 4.78 is 30.6. The summed E-state index contributed by atoms with van der Waals surface area (Å²) in [5.74, 6) is -3.58. The van der Waals surface area contributed by atoms with Crippen molar-refractivity contribution >= 4 is 17.5 Å². The van der Waals surface area contributed by atoms with Gasteiger partial charge in [0.2, 0.25) is 5.91 Å². The summed E-state index contributed by atoms with van der Waals surface area (Å²) in [6.07, 6.45) is 0. The van der Waals surface area contributed by atoms with Crippen LogP contribution in [0.3, 0.4) is 0 Å². The molecule has 0 radical (unpaired) electrons. The summed E-state index contributed by atoms with van der Waals surface area (Å²) in [6.45, 7) is -0.133. The maximum absolute atomic E-state index is 13.0. The van der Waals surface area contributed by atoms with Crippen molar-refractivity contribution in [3.05, 3.63) is 29.3 Å². The van der Waals surface area contributed by atoms with Crippen molar-refractivity contribution in [2.24, 2.45) is 5.73 Å². The molecule has 2 amide bonds. The molecule has 1 rings (SSSR count). The van der Waals surface area contributed by atoms with Gasteiger partial charge in [0.05, 0.1) is 12.2 Å². The first kappa shape index (κ1) is 14.8. The molecule has 1 aromatic rings. The number of carbonyl (C=O) groups excluding carboxylic acids is 2. The summed E-state index contributed by atoms with van der Waals surface area (Å²) in [4.78, 5) is 21.9. The Bertz CT molecular complexity index is 494. The summed E-state index contributed by atoms with van der Waals surface area (Å²) in [5.41, 5.74) is 9.89. The minimum absolute atomic E-state index is 0.0538. The molecule has 6 nitrogen and oxygen atoms in total. The lowest BCUT2D eigenvalue weighted by atomic mass is 10.1. The van der Waals surface area contributed by atoms with E-state index in [1.54, 1.807) is 0 Å². The van der Waals surface area contributed by atoms with Crippen LogP contribution in [0.4, 0.5) is 14.5 Å². The molecule has 5 N–H and O–H groups in total. The van der Waals surface area contributed by atoms with Gasteiger partial charge in [-0.2, -0.15) is 0 Å². The van der Waals surface area contributed by atoms with Gasteiger partial charge in [-0.15, -0.1) is 0 Å². The third-order valence-corrected chi connectivity index (χ3v) is 2.11. The first-order valence-electron chi connectivity index (χ1n) is 5.30. The minimum atomic E-state index is -1.16. The van der Waals surface area contributed by atoms with Gasteiger partial charge >= 0.3 is 0 Å². The monoisotopic (exact) mass is 273 g/mol.